The van der Waals surface area contributed by atoms with Crippen LogP contribution in [0.25, 0.3) is 0 Å². The normalized spacial score (nSPS) is 14.6. The SMILES string of the molecule is Cc1cnc(C(=O)N2CCN(C(=O)c3cccc(F)c3)CC2)cn1. The summed E-state index contributed by atoms with van der Waals surface area (Å²) in [5.74, 6) is -0.857. The largest absolute Gasteiger partial charge is 0.335 e. The number of benzene rings is 1. The molecule has 2 amide bonds. The summed E-state index contributed by atoms with van der Waals surface area (Å²) in [6.45, 7) is 3.43. The minimum Gasteiger partial charge on any atom is -0.335 e. The average Bonchev–Trinajstić information content (AvgIpc) is 2.61. The molecule has 1 aromatic carbocycles. The van der Waals surface area contributed by atoms with E-state index >= 15 is 0 Å². The Kier molecular flexibility index (Phi) is 4.50. The zero-order valence-corrected chi connectivity index (χ0v) is 13.3. The summed E-state index contributed by atoms with van der Waals surface area (Å²) in [6.07, 6.45) is 3.01. The van der Waals surface area contributed by atoms with Crippen molar-refractivity contribution in [3.63, 3.8) is 0 Å². The number of halogens is 1. The van der Waals surface area contributed by atoms with Gasteiger partial charge in [-0.25, -0.2) is 9.37 Å². The minimum atomic E-state index is -0.437. The lowest BCUT2D eigenvalue weighted by atomic mass is 10.1. The molecular weight excluding hydrogens is 311 g/mol. The predicted molar refractivity (Wildman–Crippen MR) is 85.0 cm³/mol. The summed E-state index contributed by atoms with van der Waals surface area (Å²) in [5.41, 5.74) is 1.36. The number of hydrogen-bond acceptors (Lipinski definition) is 4. The lowest BCUT2D eigenvalue weighted by molar-refractivity contribution is 0.0532. The van der Waals surface area contributed by atoms with Gasteiger partial charge in [-0.1, -0.05) is 6.07 Å². The highest BCUT2D eigenvalue weighted by atomic mass is 19.1. The van der Waals surface area contributed by atoms with Crippen LogP contribution in [0.15, 0.2) is 36.7 Å². The molecule has 1 aliphatic heterocycles. The third-order valence-corrected chi connectivity index (χ3v) is 3.93. The zero-order chi connectivity index (χ0) is 17.1. The molecule has 0 atom stereocenters. The maximum atomic E-state index is 13.2. The molecule has 0 spiro atoms. The van der Waals surface area contributed by atoms with E-state index in [1.54, 1.807) is 29.0 Å². The highest BCUT2D eigenvalue weighted by molar-refractivity contribution is 5.95. The number of aryl methyl sites for hydroxylation is 1. The monoisotopic (exact) mass is 328 g/mol. The van der Waals surface area contributed by atoms with E-state index < -0.39 is 5.82 Å². The van der Waals surface area contributed by atoms with E-state index in [0.717, 1.165) is 5.69 Å². The van der Waals surface area contributed by atoms with E-state index in [2.05, 4.69) is 9.97 Å². The fourth-order valence-corrected chi connectivity index (χ4v) is 2.58. The van der Waals surface area contributed by atoms with Crippen molar-refractivity contribution in [2.24, 2.45) is 0 Å². The molecule has 0 bridgehead atoms. The standard InChI is InChI=1S/C17H17FN4O2/c1-12-10-20-15(11-19-12)17(24)22-7-5-21(6-8-22)16(23)13-3-2-4-14(18)9-13/h2-4,9-11H,5-8H2,1H3. The average molecular weight is 328 g/mol. The van der Waals surface area contributed by atoms with Crippen LogP contribution in [0.3, 0.4) is 0 Å². The number of aromatic nitrogens is 2. The predicted octanol–water partition coefficient (Wildman–Crippen LogP) is 1.52. The highest BCUT2D eigenvalue weighted by Crippen LogP contribution is 2.12. The Morgan fingerprint density at radius 3 is 2.25 bits per heavy atom. The van der Waals surface area contributed by atoms with Crippen LogP contribution in [0.5, 0.6) is 0 Å². The number of nitrogens with zero attached hydrogens (tertiary/aromatic N) is 4. The third-order valence-electron chi connectivity index (χ3n) is 3.93. The van der Waals surface area contributed by atoms with Gasteiger partial charge in [0, 0.05) is 37.9 Å². The second-order valence-electron chi connectivity index (χ2n) is 5.64. The van der Waals surface area contributed by atoms with Crippen LogP contribution in [0.2, 0.25) is 0 Å². The van der Waals surface area contributed by atoms with E-state index in [9.17, 15) is 14.0 Å². The molecule has 1 aliphatic rings. The molecule has 124 valence electrons. The lowest BCUT2D eigenvalue weighted by Crippen LogP contribution is -2.50. The topological polar surface area (TPSA) is 66.4 Å². The molecule has 7 heteroatoms. The van der Waals surface area contributed by atoms with Crippen LogP contribution in [0.4, 0.5) is 4.39 Å². The Bertz CT molecular complexity index is 755. The first-order chi connectivity index (χ1) is 11.5. The third kappa shape index (κ3) is 3.40. The van der Waals surface area contributed by atoms with Gasteiger partial charge in [-0.15, -0.1) is 0 Å². The molecule has 2 heterocycles. The molecule has 24 heavy (non-hydrogen) atoms. The van der Waals surface area contributed by atoms with Gasteiger partial charge in [0.25, 0.3) is 11.8 Å². The second-order valence-corrected chi connectivity index (χ2v) is 5.64. The Hall–Kier alpha value is -2.83. The van der Waals surface area contributed by atoms with Gasteiger partial charge in [-0.2, -0.15) is 0 Å². The van der Waals surface area contributed by atoms with Gasteiger partial charge in [0.1, 0.15) is 11.5 Å². The molecule has 0 unspecified atom stereocenters. The van der Waals surface area contributed by atoms with Crippen molar-refractivity contribution in [1.29, 1.82) is 0 Å². The number of rotatable bonds is 2. The van der Waals surface area contributed by atoms with E-state index in [4.69, 9.17) is 0 Å². The maximum Gasteiger partial charge on any atom is 0.274 e. The van der Waals surface area contributed by atoms with Crippen LogP contribution < -0.4 is 0 Å². The second kappa shape index (κ2) is 6.74. The zero-order valence-electron chi connectivity index (χ0n) is 13.3. The number of piperazine rings is 1. The summed E-state index contributed by atoms with van der Waals surface area (Å²) in [4.78, 5) is 36.2. The number of amides is 2. The molecule has 0 aliphatic carbocycles. The molecule has 3 rings (SSSR count). The van der Waals surface area contributed by atoms with Crippen LogP contribution in [0.1, 0.15) is 26.5 Å². The van der Waals surface area contributed by atoms with Gasteiger partial charge < -0.3 is 9.80 Å². The lowest BCUT2D eigenvalue weighted by Gasteiger charge is -2.34. The Morgan fingerprint density at radius 1 is 1.00 bits per heavy atom. The fraction of sp³-hybridized carbons (Fsp3) is 0.294. The van der Waals surface area contributed by atoms with Crippen LogP contribution in [0, 0.1) is 12.7 Å². The number of hydrogen-bond donors (Lipinski definition) is 0. The summed E-state index contributed by atoms with van der Waals surface area (Å²) in [7, 11) is 0. The quantitative estimate of drug-likeness (QED) is 0.838. The molecule has 0 N–H and O–H groups in total. The summed E-state index contributed by atoms with van der Waals surface area (Å²) >= 11 is 0. The first kappa shape index (κ1) is 16.0. The Balaban J connectivity index is 1.62. The summed E-state index contributed by atoms with van der Waals surface area (Å²) < 4.78 is 13.2. The van der Waals surface area contributed by atoms with Gasteiger partial charge in [0.15, 0.2) is 0 Å². The molecule has 0 saturated carbocycles. The molecule has 1 saturated heterocycles. The smallest absolute Gasteiger partial charge is 0.274 e. The van der Waals surface area contributed by atoms with Gasteiger partial charge in [0.05, 0.1) is 11.9 Å². The van der Waals surface area contributed by atoms with Crippen molar-refractivity contribution >= 4 is 11.8 Å². The van der Waals surface area contributed by atoms with Crippen molar-refractivity contribution in [1.82, 2.24) is 19.8 Å². The number of carbonyl (C=O) groups excluding carboxylic acids is 2. The molecular formula is C17H17FN4O2. The molecule has 1 fully saturated rings. The van der Waals surface area contributed by atoms with Gasteiger partial charge >= 0.3 is 0 Å². The molecule has 6 nitrogen and oxygen atoms in total. The van der Waals surface area contributed by atoms with Crippen molar-refractivity contribution in [3.8, 4) is 0 Å². The first-order valence-corrected chi connectivity index (χ1v) is 7.67. The van der Waals surface area contributed by atoms with Crippen molar-refractivity contribution in [2.45, 2.75) is 6.92 Å². The Labute approximate surface area is 138 Å². The van der Waals surface area contributed by atoms with Crippen molar-refractivity contribution in [2.75, 3.05) is 26.2 Å². The van der Waals surface area contributed by atoms with Crippen LogP contribution in [-0.4, -0.2) is 57.8 Å². The van der Waals surface area contributed by atoms with Crippen molar-refractivity contribution in [3.05, 3.63) is 59.4 Å². The molecule has 2 aromatic rings. The molecule has 0 radical (unpaired) electrons. The van der Waals surface area contributed by atoms with Crippen LogP contribution in [-0.2, 0) is 0 Å². The highest BCUT2D eigenvalue weighted by Gasteiger charge is 2.26. The number of carbonyl (C=O) groups is 2. The van der Waals surface area contributed by atoms with Gasteiger partial charge in [0.2, 0.25) is 0 Å². The summed E-state index contributed by atoms with van der Waals surface area (Å²) in [5, 5.41) is 0. The maximum absolute atomic E-state index is 13.2. The van der Waals surface area contributed by atoms with Gasteiger partial charge in [-0.05, 0) is 25.1 Å². The van der Waals surface area contributed by atoms with Crippen molar-refractivity contribution < 1.29 is 14.0 Å². The molecule has 1 aromatic heterocycles. The van der Waals surface area contributed by atoms with E-state index in [1.165, 1.54) is 24.4 Å². The first-order valence-electron chi connectivity index (χ1n) is 7.67. The van der Waals surface area contributed by atoms with E-state index in [-0.39, 0.29) is 11.8 Å². The van der Waals surface area contributed by atoms with E-state index in [0.29, 0.717) is 37.4 Å². The van der Waals surface area contributed by atoms with E-state index in [1.807, 2.05) is 0 Å². The van der Waals surface area contributed by atoms with Gasteiger partial charge in [-0.3, -0.25) is 14.6 Å². The van der Waals surface area contributed by atoms with Crippen LogP contribution >= 0.6 is 0 Å². The minimum absolute atomic E-state index is 0.194. The Morgan fingerprint density at radius 2 is 1.67 bits per heavy atom. The summed E-state index contributed by atoms with van der Waals surface area (Å²) in [6, 6.07) is 5.63. The fourth-order valence-electron chi connectivity index (χ4n) is 2.58.